The van der Waals surface area contributed by atoms with Crippen LogP contribution in [0, 0.1) is 0 Å². The minimum Gasteiger partial charge on any atom is -0.462 e. The molecule has 0 spiro atoms. The largest absolute Gasteiger partial charge is 0.462 e. The Labute approximate surface area is 269 Å². The molecule has 1 amide bonds. The third-order valence-electron chi connectivity index (χ3n) is 6.76. The van der Waals surface area contributed by atoms with Gasteiger partial charge >= 0.3 is 18.4 Å². The summed E-state index contributed by atoms with van der Waals surface area (Å²) in [7, 11) is 8.81. The van der Waals surface area contributed by atoms with Crippen LogP contribution in [0.3, 0.4) is 0 Å². The molecule has 0 fully saturated rings. The minimum atomic E-state index is -5.01. The highest BCUT2D eigenvalue weighted by Gasteiger charge is 2.37. The second-order valence-corrected chi connectivity index (χ2v) is 11.2. The van der Waals surface area contributed by atoms with Crippen LogP contribution in [-0.2, 0) is 18.9 Å². The molecular weight excluding hydrogens is 628 g/mol. The highest BCUT2D eigenvalue weighted by Crippen LogP contribution is 2.37. The van der Waals surface area contributed by atoms with Gasteiger partial charge in [0, 0.05) is 38.4 Å². The lowest BCUT2D eigenvalue weighted by Crippen LogP contribution is -2.28. The standard InChI is InChI=1S/C29H26F6N4O2.C4H11NO/c1-38(2)10-11-41-27-36-16-24(21-9-8-19-6-4-5-7-20(19)14-21)25(37-27)26(40)39(3)17-18-12-22(28(30,31)32)15-23(13-18)29(33,34)35;1-5(2)3-4-6/h4-9,12-16H,10-11,17H2,1-3H3;6H,3-4H2,1-2H3. The number of aliphatic hydroxyl groups is 1. The summed E-state index contributed by atoms with van der Waals surface area (Å²) in [5.41, 5.74) is -2.45. The van der Waals surface area contributed by atoms with Gasteiger partial charge in [0.15, 0.2) is 0 Å². The number of halogens is 6. The predicted molar refractivity (Wildman–Crippen MR) is 167 cm³/mol. The first kappa shape index (κ1) is 37.2. The lowest BCUT2D eigenvalue weighted by molar-refractivity contribution is -0.143. The van der Waals surface area contributed by atoms with Gasteiger partial charge in [-0.2, -0.15) is 31.3 Å². The molecule has 1 heterocycles. The molecule has 0 saturated heterocycles. The molecule has 0 aliphatic rings. The summed E-state index contributed by atoms with van der Waals surface area (Å²) < 4.78 is 85.8. The number of benzene rings is 3. The number of nitrogens with zero attached hydrogens (tertiary/aromatic N) is 5. The Bertz CT molecular complexity index is 1610. The monoisotopic (exact) mass is 665 g/mol. The van der Waals surface area contributed by atoms with Gasteiger partial charge in [-0.1, -0.05) is 36.4 Å². The van der Waals surface area contributed by atoms with Crippen molar-refractivity contribution >= 4 is 16.7 Å². The van der Waals surface area contributed by atoms with Crippen molar-refractivity contribution in [2.45, 2.75) is 18.9 Å². The fourth-order valence-corrected chi connectivity index (χ4v) is 4.32. The number of ether oxygens (including phenoxy) is 1. The third-order valence-corrected chi connectivity index (χ3v) is 6.76. The van der Waals surface area contributed by atoms with Crippen LogP contribution in [0.1, 0.15) is 27.2 Å². The van der Waals surface area contributed by atoms with Crippen LogP contribution in [-0.4, -0.2) is 97.2 Å². The Morgan fingerprint density at radius 2 is 1.40 bits per heavy atom. The van der Waals surface area contributed by atoms with Crippen LogP contribution in [0.5, 0.6) is 6.01 Å². The molecular formula is C33H37F6N5O3. The van der Waals surface area contributed by atoms with Gasteiger partial charge in [-0.3, -0.25) is 4.79 Å². The van der Waals surface area contributed by atoms with Crippen molar-refractivity contribution in [1.82, 2.24) is 24.7 Å². The van der Waals surface area contributed by atoms with E-state index < -0.39 is 35.9 Å². The van der Waals surface area contributed by atoms with Gasteiger partial charge in [0.05, 0.1) is 17.7 Å². The predicted octanol–water partition coefficient (Wildman–Crippen LogP) is 6.09. The zero-order valence-electron chi connectivity index (χ0n) is 26.7. The third kappa shape index (κ3) is 10.9. The van der Waals surface area contributed by atoms with E-state index in [2.05, 4.69) is 9.97 Å². The van der Waals surface area contributed by atoms with E-state index in [1.807, 2.05) is 74.4 Å². The van der Waals surface area contributed by atoms with E-state index in [-0.39, 0.29) is 36.5 Å². The zero-order chi connectivity index (χ0) is 34.9. The zero-order valence-corrected chi connectivity index (χ0v) is 26.7. The SMILES string of the molecule is CN(C)CCO.CN(C)CCOc1ncc(-c2ccc3ccccc3c2)c(C(=O)N(C)Cc2cc(C(F)(F)F)cc(C(F)(F)F)c2)n1. The maximum absolute atomic E-state index is 13.6. The average Bonchev–Trinajstić information content (AvgIpc) is 2.99. The Morgan fingerprint density at radius 1 is 0.809 bits per heavy atom. The number of amides is 1. The molecule has 0 aliphatic heterocycles. The van der Waals surface area contributed by atoms with Gasteiger partial charge in [-0.15, -0.1) is 0 Å². The van der Waals surface area contributed by atoms with E-state index in [0.717, 1.165) is 22.2 Å². The van der Waals surface area contributed by atoms with Crippen molar-refractivity contribution in [3.63, 3.8) is 0 Å². The molecule has 47 heavy (non-hydrogen) atoms. The minimum absolute atomic E-state index is 0.0465. The number of aromatic nitrogens is 2. The van der Waals surface area contributed by atoms with E-state index in [9.17, 15) is 31.1 Å². The smallest absolute Gasteiger partial charge is 0.416 e. The Hall–Kier alpha value is -4.27. The summed E-state index contributed by atoms with van der Waals surface area (Å²) >= 11 is 0. The van der Waals surface area contributed by atoms with Gasteiger partial charge < -0.3 is 24.5 Å². The maximum Gasteiger partial charge on any atom is 0.416 e. The molecule has 8 nitrogen and oxygen atoms in total. The molecule has 1 N–H and O–H groups in total. The van der Waals surface area contributed by atoms with E-state index in [1.54, 1.807) is 6.07 Å². The van der Waals surface area contributed by atoms with Crippen molar-refractivity contribution in [1.29, 1.82) is 0 Å². The quantitative estimate of drug-likeness (QED) is 0.206. The molecule has 3 aromatic carbocycles. The number of hydrogen-bond donors (Lipinski definition) is 1. The van der Waals surface area contributed by atoms with Crippen molar-refractivity contribution in [3.05, 3.63) is 89.2 Å². The van der Waals surface area contributed by atoms with Crippen LogP contribution >= 0.6 is 0 Å². The van der Waals surface area contributed by atoms with E-state index in [1.165, 1.54) is 13.2 Å². The normalized spacial score (nSPS) is 11.9. The summed E-state index contributed by atoms with van der Waals surface area (Å²) in [6.07, 6.45) is -8.60. The average molecular weight is 666 g/mol. The van der Waals surface area contributed by atoms with Crippen molar-refractivity contribution in [3.8, 4) is 17.1 Å². The lowest BCUT2D eigenvalue weighted by atomic mass is 10.0. The molecule has 14 heteroatoms. The highest BCUT2D eigenvalue weighted by atomic mass is 19.4. The Kier molecular flexibility index (Phi) is 12.7. The van der Waals surface area contributed by atoms with Gasteiger partial charge in [-0.05, 0) is 74.4 Å². The first-order valence-corrected chi connectivity index (χ1v) is 14.4. The molecule has 0 bridgehead atoms. The fourth-order valence-electron chi connectivity index (χ4n) is 4.32. The number of fused-ring (bicyclic) bond motifs is 1. The van der Waals surface area contributed by atoms with Crippen LogP contribution < -0.4 is 4.74 Å². The molecule has 1 aromatic heterocycles. The summed E-state index contributed by atoms with van der Waals surface area (Å²) in [5.74, 6) is -0.737. The molecule has 4 aromatic rings. The number of likely N-dealkylation sites (N-methyl/N-ethyl adjacent to an activating group) is 2. The molecule has 0 aliphatic carbocycles. The highest BCUT2D eigenvalue weighted by molar-refractivity contribution is 6.00. The second kappa shape index (κ2) is 16.0. The molecule has 4 rings (SSSR count). The van der Waals surface area contributed by atoms with Crippen LogP contribution in [0.4, 0.5) is 26.3 Å². The molecule has 0 radical (unpaired) electrons. The van der Waals surface area contributed by atoms with Gasteiger partial charge in [-0.25, -0.2) is 4.98 Å². The molecule has 254 valence electrons. The summed E-state index contributed by atoms with van der Waals surface area (Å²) in [6, 6.07) is 14.1. The topological polar surface area (TPSA) is 82.0 Å². The number of aliphatic hydroxyl groups excluding tert-OH is 1. The Morgan fingerprint density at radius 3 is 1.94 bits per heavy atom. The van der Waals surface area contributed by atoms with Crippen molar-refractivity contribution in [2.24, 2.45) is 0 Å². The number of hydrogen-bond acceptors (Lipinski definition) is 7. The summed E-state index contributed by atoms with van der Waals surface area (Å²) in [6.45, 7) is 1.24. The lowest BCUT2D eigenvalue weighted by Gasteiger charge is -2.21. The fraction of sp³-hybridized carbons (Fsp3) is 0.364. The van der Waals surface area contributed by atoms with Gasteiger partial charge in [0.2, 0.25) is 0 Å². The van der Waals surface area contributed by atoms with Crippen molar-refractivity contribution < 1.29 is 41.0 Å². The number of carbonyl (C=O) groups is 1. The number of carbonyl (C=O) groups excluding carboxylic acids is 1. The van der Waals surface area contributed by atoms with Crippen LogP contribution in [0.2, 0.25) is 0 Å². The van der Waals surface area contributed by atoms with E-state index >= 15 is 0 Å². The maximum atomic E-state index is 13.6. The first-order chi connectivity index (χ1) is 22.0. The number of alkyl halides is 6. The first-order valence-electron chi connectivity index (χ1n) is 14.4. The molecule has 0 unspecified atom stereocenters. The van der Waals surface area contributed by atoms with E-state index in [4.69, 9.17) is 9.84 Å². The van der Waals surface area contributed by atoms with Crippen LogP contribution in [0.25, 0.3) is 21.9 Å². The summed E-state index contributed by atoms with van der Waals surface area (Å²) in [4.78, 5) is 27.0. The Balaban J connectivity index is 0.000000913. The van der Waals surface area contributed by atoms with Crippen molar-refractivity contribution in [2.75, 3.05) is 61.5 Å². The molecule has 0 atom stereocenters. The summed E-state index contributed by atoms with van der Waals surface area (Å²) in [5, 5.41) is 10.0. The molecule has 0 saturated carbocycles. The van der Waals surface area contributed by atoms with Gasteiger partial charge in [0.1, 0.15) is 12.3 Å². The number of rotatable bonds is 10. The van der Waals surface area contributed by atoms with Crippen LogP contribution in [0.15, 0.2) is 66.9 Å². The van der Waals surface area contributed by atoms with E-state index in [0.29, 0.717) is 29.8 Å². The second-order valence-electron chi connectivity index (χ2n) is 11.2. The van der Waals surface area contributed by atoms with Gasteiger partial charge in [0.25, 0.3) is 5.91 Å².